The Kier molecular flexibility index (Phi) is 4.05. The zero-order valence-electron chi connectivity index (χ0n) is 11.7. The largest absolute Gasteiger partial charge is 0.497 e. The molecule has 1 unspecified atom stereocenters. The van der Waals surface area contributed by atoms with Crippen LogP contribution in [0.4, 0.5) is 0 Å². The van der Waals surface area contributed by atoms with E-state index in [9.17, 15) is 0 Å². The summed E-state index contributed by atoms with van der Waals surface area (Å²) in [7, 11) is 1.66. The van der Waals surface area contributed by atoms with Gasteiger partial charge in [0.2, 0.25) is 5.79 Å². The molecule has 0 bridgehead atoms. The maximum Gasteiger partial charge on any atom is 0.201 e. The summed E-state index contributed by atoms with van der Waals surface area (Å²) in [6.07, 6.45) is 7.98. The van der Waals surface area contributed by atoms with Crippen LogP contribution in [-0.4, -0.2) is 25.6 Å². The topological polar surface area (TPSA) is 36.9 Å². The average Bonchev–Trinajstić information content (AvgIpc) is 2.96. The van der Waals surface area contributed by atoms with Crippen LogP contribution in [0, 0.1) is 0 Å². The Bertz CT molecular complexity index is 450. The molecule has 1 saturated heterocycles. The normalized spacial score (nSPS) is 25.4. The molecule has 0 N–H and O–H groups in total. The van der Waals surface area contributed by atoms with Gasteiger partial charge in [0.15, 0.2) is 0 Å². The van der Waals surface area contributed by atoms with Crippen molar-refractivity contribution in [2.75, 3.05) is 13.7 Å². The summed E-state index contributed by atoms with van der Waals surface area (Å²) in [4.78, 5) is 10.9. The molecule has 0 amide bonds. The molecule has 20 heavy (non-hydrogen) atoms. The minimum absolute atomic E-state index is 0.150. The standard InChI is InChI=1S/C16H20O4/c1-17-14-7-4-13(5-8-14)6-9-15-12-18-16(20-19-15)10-2-3-11-16/h4-9,15H,2-3,10-12H2,1H3. The third-order valence-electron chi connectivity index (χ3n) is 3.82. The molecule has 4 heteroatoms. The van der Waals surface area contributed by atoms with Crippen molar-refractivity contribution in [3.63, 3.8) is 0 Å². The first-order chi connectivity index (χ1) is 9.80. The van der Waals surface area contributed by atoms with Gasteiger partial charge in [-0.15, -0.1) is 0 Å². The van der Waals surface area contributed by atoms with E-state index >= 15 is 0 Å². The molecule has 0 aromatic heterocycles. The molecule has 2 fully saturated rings. The van der Waals surface area contributed by atoms with Crippen LogP contribution < -0.4 is 4.74 Å². The van der Waals surface area contributed by atoms with Crippen LogP contribution in [0.5, 0.6) is 5.75 Å². The van der Waals surface area contributed by atoms with E-state index in [1.54, 1.807) is 7.11 Å². The van der Waals surface area contributed by atoms with Crippen LogP contribution in [0.2, 0.25) is 0 Å². The second-order valence-corrected chi connectivity index (χ2v) is 5.28. The smallest absolute Gasteiger partial charge is 0.201 e. The van der Waals surface area contributed by atoms with Gasteiger partial charge < -0.3 is 9.47 Å². The van der Waals surface area contributed by atoms with E-state index in [1.807, 2.05) is 36.4 Å². The molecule has 1 aromatic carbocycles. The van der Waals surface area contributed by atoms with E-state index in [0.29, 0.717) is 6.61 Å². The van der Waals surface area contributed by atoms with Gasteiger partial charge in [-0.25, -0.2) is 9.78 Å². The predicted octanol–water partition coefficient (Wildman–Crippen LogP) is 3.33. The summed E-state index contributed by atoms with van der Waals surface area (Å²) in [6.45, 7) is 0.548. The van der Waals surface area contributed by atoms with Crippen molar-refractivity contribution in [1.82, 2.24) is 0 Å². The lowest BCUT2D eigenvalue weighted by molar-refractivity contribution is -0.477. The summed E-state index contributed by atoms with van der Waals surface area (Å²) in [5.41, 5.74) is 1.09. The van der Waals surface area contributed by atoms with E-state index < -0.39 is 5.79 Å². The lowest BCUT2D eigenvalue weighted by Gasteiger charge is -2.34. The monoisotopic (exact) mass is 276 g/mol. The summed E-state index contributed by atoms with van der Waals surface area (Å²) in [6, 6.07) is 7.86. The van der Waals surface area contributed by atoms with Crippen molar-refractivity contribution in [2.24, 2.45) is 0 Å². The van der Waals surface area contributed by atoms with Crippen molar-refractivity contribution in [1.29, 1.82) is 0 Å². The van der Waals surface area contributed by atoms with Gasteiger partial charge in [-0.05, 0) is 36.6 Å². The lowest BCUT2D eigenvalue weighted by atomic mass is 10.2. The fourth-order valence-electron chi connectivity index (χ4n) is 2.60. The van der Waals surface area contributed by atoms with Gasteiger partial charge in [-0.3, -0.25) is 0 Å². The molecule has 1 heterocycles. The molecule has 108 valence electrons. The summed E-state index contributed by atoms with van der Waals surface area (Å²) < 4.78 is 11.0. The van der Waals surface area contributed by atoms with Crippen LogP contribution in [0.25, 0.3) is 6.08 Å². The van der Waals surface area contributed by atoms with Gasteiger partial charge in [0, 0.05) is 12.8 Å². The van der Waals surface area contributed by atoms with Crippen LogP contribution in [0.1, 0.15) is 31.2 Å². The molecule has 1 aromatic rings. The highest BCUT2D eigenvalue weighted by Gasteiger charge is 2.41. The van der Waals surface area contributed by atoms with Gasteiger partial charge in [-0.2, -0.15) is 0 Å². The maximum atomic E-state index is 5.85. The highest BCUT2D eigenvalue weighted by molar-refractivity contribution is 5.51. The first kappa shape index (κ1) is 13.6. The van der Waals surface area contributed by atoms with Gasteiger partial charge in [0.25, 0.3) is 0 Å². The van der Waals surface area contributed by atoms with E-state index in [0.717, 1.165) is 37.0 Å². The van der Waals surface area contributed by atoms with Gasteiger partial charge in [0.05, 0.1) is 13.7 Å². The van der Waals surface area contributed by atoms with Crippen molar-refractivity contribution in [3.8, 4) is 5.75 Å². The molecule has 2 aliphatic rings. The Morgan fingerprint density at radius 1 is 1.20 bits per heavy atom. The van der Waals surface area contributed by atoms with Crippen molar-refractivity contribution in [2.45, 2.75) is 37.6 Å². The van der Waals surface area contributed by atoms with E-state index in [4.69, 9.17) is 19.2 Å². The first-order valence-corrected chi connectivity index (χ1v) is 7.10. The SMILES string of the molecule is COc1ccc(C=CC2COC3(CCCC3)OO2)cc1. The van der Waals surface area contributed by atoms with Gasteiger partial charge in [0.1, 0.15) is 11.9 Å². The third kappa shape index (κ3) is 3.03. The van der Waals surface area contributed by atoms with Gasteiger partial charge in [-0.1, -0.05) is 18.2 Å². The molecule has 1 aliphatic heterocycles. The highest BCUT2D eigenvalue weighted by Crippen LogP contribution is 2.37. The second-order valence-electron chi connectivity index (χ2n) is 5.28. The Balaban J connectivity index is 1.54. The Morgan fingerprint density at radius 2 is 1.95 bits per heavy atom. The molecule has 1 spiro atoms. The second kappa shape index (κ2) is 5.95. The van der Waals surface area contributed by atoms with E-state index in [-0.39, 0.29) is 6.10 Å². The average molecular weight is 276 g/mol. The number of hydrogen-bond acceptors (Lipinski definition) is 4. The molecule has 1 saturated carbocycles. The molecule has 1 atom stereocenters. The van der Waals surface area contributed by atoms with E-state index in [1.165, 1.54) is 0 Å². The molecule has 4 nitrogen and oxygen atoms in total. The summed E-state index contributed by atoms with van der Waals surface area (Å²) >= 11 is 0. The molecule has 1 aliphatic carbocycles. The Hall–Kier alpha value is -1.36. The van der Waals surface area contributed by atoms with Crippen molar-refractivity contribution in [3.05, 3.63) is 35.9 Å². The van der Waals surface area contributed by atoms with Crippen LogP contribution >= 0.6 is 0 Å². The molecule has 3 rings (SSSR count). The fraction of sp³-hybridized carbons (Fsp3) is 0.500. The van der Waals surface area contributed by atoms with Crippen molar-refractivity contribution < 1.29 is 19.2 Å². The Labute approximate surface area is 119 Å². The number of methoxy groups -OCH3 is 1. The van der Waals surface area contributed by atoms with Crippen molar-refractivity contribution >= 4 is 6.08 Å². The highest BCUT2D eigenvalue weighted by atomic mass is 17.2. The molecule has 0 radical (unpaired) electrons. The number of benzene rings is 1. The maximum absolute atomic E-state index is 5.85. The Morgan fingerprint density at radius 3 is 2.55 bits per heavy atom. The minimum Gasteiger partial charge on any atom is -0.497 e. The zero-order valence-corrected chi connectivity index (χ0v) is 11.7. The third-order valence-corrected chi connectivity index (χ3v) is 3.82. The first-order valence-electron chi connectivity index (χ1n) is 7.10. The van der Waals surface area contributed by atoms with Crippen LogP contribution in [0.3, 0.4) is 0 Å². The molecular weight excluding hydrogens is 256 g/mol. The van der Waals surface area contributed by atoms with Crippen LogP contribution in [-0.2, 0) is 14.5 Å². The lowest BCUT2D eigenvalue weighted by Crippen LogP contribution is -2.42. The summed E-state index contributed by atoms with van der Waals surface area (Å²) in [5.74, 6) is 0.385. The quantitative estimate of drug-likeness (QED) is 0.794. The zero-order chi connectivity index (χ0) is 13.8. The summed E-state index contributed by atoms with van der Waals surface area (Å²) in [5, 5.41) is 0. The minimum atomic E-state index is -0.468. The fourth-order valence-corrected chi connectivity index (χ4v) is 2.60. The predicted molar refractivity (Wildman–Crippen MR) is 75.1 cm³/mol. The number of ether oxygens (including phenoxy) is 2. The number of hydrogen-bond donors (Lipinski definition) is 0. The van der Waals surface area contributed by atoms with Crippen LogP contribution in [0.15, 0.2) is 30.3 Å². The van der Waals surface area contributed by atoms with E-state index in [2.05, 4.69) is 0 Å². The number of rotatable bonds is 3. The van der Waals surface area contributed by atoms with Gasteiger partial charge >= 0.3 is 0 Å². The molecular formula is C16H20O4.